The topological polar surface area (TPSA) is 53.2 Å². The van der Waals surface area contributed by atoms with Crippen molar-refractivity contribution in [3.8, 4) is 0 Å². The Morgan fingerprint density at radius 1 is 1.42 bits per heavy atom. The summed E-state index contributed by atoms with van der Waals surface area (Å²) in [6.07, 6.45) is 4.67. The van der Waals surface area contributed by atoms with Crippen LogP contribution in [0.15, 0.2) is 12.3 Å². The molecular weight excluding hydrogens is 240 g/mol. The van der Waals surface area contributed by atoms with Gasteiger partial charge in [0.25, 0.3) is 0 Å². The summed E-state index contributed by atoms with van der Waals surface area (Å²) in [6.45, 7) is 7.42. The van der Waals surface area contributed by atoms with Gasteiger partial charge in [0.15, 0.2) is 0 Å². The molecule has 5 nitrogen and oxygen atoms in total. The van der Waals surface area contributed by atoms with Crippen molar-refractivity contribution in [3.63, 3.8) is 0 Å². The van der Waals surface area contributed by atoms with Crippen LogP contribution < -0.4 is 5.32 Å². The average Bonchev–Trinajstić information content (AvgIpc) is 3.02. The second kappa shape index (κ2) is 6.03. The van der Waals surface area contributed by atoms with Crippen LogP contribution in [0.3, 0.4) is 0 Å². The maximum atomic E-state index is 5.87. The van der Waals surface area contributed by atoms with Crippen molar-refractivity contribution < 1.29 is 4.74 Å². The van der Waals surface area contributed by atoms with Crippen LogP contribution in [0, 0.1) is 0 Å². The summed E-state index contributed by atoms with van der Waals surface area (Å²) in [5.41, 5.74) is 1.22. The van der Waals surface area contributed by atoms with Crippen molar-refractivity contribution in [2.75, 3.05) is 32.8 Å². The fourth-order valence-corrected chi connectivity index (χ4v) is 3.23. The molecule has 0 amide bonds. The highest BCUT2D eigenvalue weighted by Gasteiger charge is 2.30. The van der Waals surface area contributed by atoms with Gasteiger partial charge < -0.3 is 10.1 Å². The summed E-state index contributed by atoms with van der Waals surface area (Å²) < 4.78 is 5.87. The Bertz CT molecular complexity index is 367. The summed E-state index contributed by atoms with van der Waals surface area (Å²) in [5, 5.41) is 10.7. The second-order valence-electron chi connectivity index (χ2n) is 5.66. The van der Waals surface area contributed by atoms with Gasteiger partial charge in [0.1, 0.15) is 0 Å². The number of rotatable bonds is 3. The van der Waals surface area contributed by atoms with Gasteiger partial charge in [-0.05, 0) is 38.9 Å². The Balaban J connectivity index is 1.51. The number of H-pyrrole nitrogens is 1. The maximum Gasteiger partial charge on any atom is 0.0852 e. The number of aromatic nitrogens is 2. The lowest BCUT2D eigenvalue weighted by molar-refractivity contribution is -0.0314. The fourth-order valence-electron chi connectivity index (χ4n) is 3.23. The van der Waals surface area contributed by atoms with Crippen LogP contribution in [0.2, 0.25) is 0 Å². The first kappa shape index (κ1) is 13.1. The quantitative estimate of drug-likeness (QED) is 0.854. The number of nitrogens with one attached hydrogen (secondary N) is 2. The predicted octanol–water partition coefficient (Wildman–Crippen LogP) is 0.966. The van der Waals surface area contributed by atoms with E-state index in [0.29, 0.717) is 18.1 Å². The summed E-state index contributed by atoms with van der Waals surface area (Å²) in [4.78, 5) is 2.57. The number of piperidine rings is 1. The maximum absolute atomic E-state index is 5.87. The van der Waals surface area contributed by atoms with E-state index in [1.807, 2.05) is 6.20 Å². The number of morpholine rings is 1. The highest BCUT2D eigenvalue weighted by Crippen LogP contribution is 2.28. The second-order valence-corrected chi connectivity index (χ2v) is 5.66. The molecule has 2 atom stereocenters. The first-order chi connectivity index (χ1) is 9.34. The van der Waals surface area contributed by atoms with E-state index in [4.69, 9.17) is 4.74 Å². The first-order valence-corrected chi connectivity index (χ1v) is 7.40. The molecule has 3 rings (SSSR count). The van der Waals surface area contributed by atoms with E-state index in [-0.39, 0.29) is 0 Å². The molecule has 2 aliphatic heterocycles. The SMILES string of the molecule is CC(C1CNCCO1)N1CCC(c2cc[nH]n2)CC1. The Morgan fingerprint density at radius 2 is 2.26 bits per heavy atom. The van der Waals surface area contributed by atoms with Gasteiger partial charge in [-0.2, -0.15) is 5.10 Å². The Kier molecular flexibility index (Phi) is 4.15. The van der Waals surface area contributed by atoms with E-state index < -0.39 is 0 Å². The third kappa shape index (κ3) is 2.99. The number of aromatic amines is 1. The van der Waals surface area contributed by atoms with E-state index in [9.17, 15) is 0 Å². The molecule has 1 aromatic rings. The normalized spacial score (nSPS) is 28.4. The van der Waals surface area contributed by atoms with E-state index in [1.54, 1.807) is 0 Å². The zero-order chi connectivity index (χ0) is 13.1. The molecule has 3 heterocycles. The molecule has 2 N–H and O–H groups in total. The van der Waals surface area contributed by atoms with Gasteiger partial charge in [0, 0.05) is 31.2 Å². The fraction of sp³-hybridized carbons (Fsp3) is 0.786. The highest BCUT2D eigenvalue weighted by molar-refractivity contribution is 5.07. The number of hydrogen-bond donors (Lipinski definition) is 2. The minimum absolute atomic E-state index is 0.343. The lowest BCUT2D eigenvalue weighted by Crippen LogP contribution is -2.52. The molecule has 0 aliphatic carbocycles. The lowest BCUT2D eigenvalue weighted by atomic mass is 9.92. The van der Waals surface area contributed by atoms with E-state index >= 15 is 0 Å². The Labute approximate surface area is 114 Å². The first-order valence-electron chi connectivity index (χ1n) is 7.40. The molecule has 2 unspecified atom stereocenters. The van der Waals surface area contributed by atoms with Gasteiger partial charge in [-0.3, -0.25) is 10.00 Å². The number of likely N-dealkylation sites (tertiary alicyclic amines) is 1. The molecule has 5 heteroatoms. The van der Waals surface area contributed by atoms with Crippen molar-refractivity contribution in [1.29, 1.82) is 0 Å². The van der Waals surface area contributed by atoms with Crippen molar-refractivity contribution in [1.82, 2.24) is 20.4 Å². The van der Waals surface area contributed by atoms with Gasteiger partial charge in [0.05, 0.1) is 18.4 Å². The van der Waals surface area contributed by atoms with Crippen molar-refractivity contribution in [2.24, 2.45) is 0 Å². The van der Waals surface area contributed by atoms with Crippen LogP contribution >= 0.6 is 0 Å². The molecule has 19 heavy (non-hydrogen) atoms. The van der Waals surface area contributed by atoms with Crippen LogP contribution in [0.4, 0.5) is 0 Å². The zero-order valence-corrected chi connectivity index (χ0v) is 11.6. The highest BCUT2D eigenvalue weighted by atomic mass is 16.5. The molecule has 106 valence electrons. The summed E-state index contributed by atoms with van der Waals surface area (Å²) in [7, 11) is 0. The minimum atomic E-state index is 0.343. The smallest absolute Gasteiger partial charge is 0.0852 e. The molecule has 0 aromatic carbocycles. The lowest BCUT2D eigenvalue weighted by Gasteiger charge is -2.40. The van der Waals surface area contributed by atoms with Crippen molar-refractivity contribution in [3.05, 3.63) is 18.0 Å². The predicted molar refractivity (Wildman–Crippen MR) is 74.2 cm³/mol. The van der Waals surface area contributed by atoms with Crippen molar-refractivity contribution in [2.45, 2.75) is 37.8 Å². The van der Waals surface area contributed by atoms with Crippen LogP contribution in [0.1, 0.15) is 31.4 Å². The number of nitrogens with zero attached hydrogens (tertiary/aromatic N) is 2. The molecule has 2 saturated heterocycles. The largest absolute Gasteiger partial charge is 0.374 e. The van der Waals surface area contributed by atoms with Crippen molar-refractivity contribution >= 4 is 0 Å². The zero-order valence-electron chi connectivity index (χ0n) is 11.6. The third-order valence-electron chi connectivity index (χ3n) is 4.54. The number of ether oxygens (including phenoxy) is 1. The Hall–Kier alpha value is -0.910. The third-order valence-corrected chi connectivity index (χ3v) is 4.54. The standard InChI is InChI=1S/C14H24N4O/c1-11(14-10-15-6-9-19-14)18-7-3-12(4-8-18)13-2-5-16-17-13/h2,5,11-12,14-15H,3-4,6-10H2,1H3,(H,16,17). The molecule has 0 bridgehead atoms. The van der Waals surface area contributed by atoms with Gasteiger partial charge in [0.2, 0.25) is 0 Å². The molecule has 1 aromatic heterocycles. The van der Waals surface area contributed by atoms with E-state index in [1.165, 1.54) is 18.5 Å². The average molecular weight is 264 g/mol. The van der Waals surface area contributed by atoms with Crippen LogP contribution in [-0.2, 0) is 4.74 Å². The van der Waals surface area contributed by atoms with Gasteiger partial charge >= 0.3 is 0 Å². The minimum Gasteiger partial charge on any atom is -0.374 e. The molecule has 2 aliphatic rings. The van der Waals surface area contributed by atoms with E-state index in [2.05, 4.69) is 33.4 Å². The van der Waals surface area contributed by atoms with Gasteiger partial charge in [-0.15, -0.1) is 0 Å². The molecule has 0 radical (unpaired) electrons. The van der Waals surface area contributed by atoms with Crippen LogP contribution in [0.25, 0.3) is 0 Å². The summed E-state index contributed by atoms with van der Waals surface area (Å²) in [5.74, 6) is 0.625. The van der Waals surface area contributed by atoms with Crippen LogP contribution in [0.5, 0.6) is 0 Å². The van der Waals surface area contributed by atoms with Gasteiger partial charge in [-0.1, -0.05) is 0 Å². The molecule has 0 saturated carbocycles. The number of hydrogen-bond acceptors (Lipinski definition) is 4. The monoisotopic (exact) mass is 264 g/mol. The summed E-state index contributed by atoms with van der Waals surface area (Å²) in [6, 6.07) is 2.62. The van der Waals surface area contributed by atoms with Crippen LogP contribution in [-0.4, -0.2) is 60.0 Å². The Morgan fingerprint density at radius 3 is 2.89 bits per heavy atom. The molecular formula is C14H24N4O. The molecule has 0 spiro atoms. The van der Waals surface area contributed by atoms with E-state index in [0.717, 1.165) is 32.8 Å². The van der Waals surface area contributed by atoms with Gasteiger partial charge in [-0.25, -0.2) is 0 Å². The molecule has 2 fully saturated rings. The summed E-state index contributed by atoms with van der Waals surface area (Å²) >= 11 is 0.